The summed E-state index contributed by atoms with van der Waals surface area (Å²) in [4.78, 5) is 0. The van der Waals surface area contributed by atoms with E-state index in [1.54, 1.807) is 12.1 Å². The Balaban J connectivity index is 2.05. The van der Waals surface area contributed by atoms with Gasteiger partial charge in [-0.15, -0.1) is 0 Å². The second-order valence-electron chi connectivity index (χ2n) is 3.34. The summed E-state index contributed by atoms with van der Waals surface area (Å²) in [7, 11) is 0. The fourth-order valence-corrected chi connectivity index (χ4v) is 1.55. The Labute approximate surface area is 85.1 Å². The monoisotopic (exact) mass is 211 g/mol. The minimum Gasteiger partial charge on any atom is -0.755 e. The Kier molecular flexibility index (Phi) is 2.69. The van der Waals surface area contributed by atoms with Crippen molar-refractivity contribution >= 4 is 22.6 Å². The molecule has 1 unspecified atom stereocenters. The van der Waals surface area contributed by atoms with E-state index in [1.165, 1.54) is 12.8 Å². The largest absolute Gasteiger partial charge is 0.755 e. The van der Waals surface area contributed by atoms with E-state index in [4.69, 9.17) is 0 Å². The van der Waals surface area contributed by atoms with Crippen LogP contribution in [0, 0.1) is 0 Å². The molecule has 1 aromatic rings. The van der Waals surface area contributed by atoms with Crippen molar-refractivity contribution < 1.29 is 8.76 Å². The van der Waals surface area contributed by atoms with Crippen LogP contribution in [0.25, 0.3) is 0 Å². The van der Waals surface area contributed by atoms with Gasteiger partial charge in [0.15, 0.2) is 0 Å². The number of nitrogens with one attached hydrogen (secondary N) is 2. The number of hydrogen-bond donors (Lipinski definition) is 2. The molecule has 0 amide bonds. The molecular weight excluding hydrogens is 200 g/mol. The number of anilines is 2. The van der Waals surface area contributed by atoms with Crippen LogP contribution in [0.5, 0.6) is 0 Å². The molecule has 1 saturated carbocycles. The number of rotatable bonds is 4. The van der Waals surface area contributed by atoms with Gasteiger partial charge < -0.3 is 14.6 Å². The molecule has 2 N–H and O–H groups in total. The van der Waals surface area contributed by atoms with Gasteiger partial charge in [0.1, 0.15) is 0 Å². The van der Waals surface area contributed by atoms with Gasteiger partial charge in [0.2, 0.25) is 0 Å². The summed E-state index contributed by atoms with van der Waals surface area (Å²) in [5.74, 6) is 0. The number of hydrogen-bond acceptors (Lipinski definition) is 3. The Bertz CT molecular complexity index is 352. The van der Waals surface area contributed by atoms with E-state index >= 15 is 0 Å². The van der Waals surface area contributed by atoms with Crippen LogP contribution in [0.15, 0.2) is 24.3 Å². The van der Waals surface area contributed by atoms with Crippen molar-refractivity contribution in [3.63, 3.8) is 0 Å². The molecule has 0 heterocycles. The number of benzene rings is 1. The standard InChI is InChI=1S/C9H12N2O2S/c12-14(13)11-9-3-1-2-8(6-9)10-7-4-5-7/h1-3,6-7,10-11H,4-5H2,(H,12,13)/p-1. The zero-order valence-corrected chi connectivity index (χ0v) is 8.34. The summed E-state index contributed by atoms with van der Waals surface area (Å²) in [6, 6.07) is 7.82. The molecule has 0 radical (unpaired) electrons. The Morgan fingerprint density at radius 2 is 2.07 bits per heavy atom. The molecule has 2 rings (SSSR count). The average Bonchev–Trinajstić information content (AvgIpc) is 2.87. The highest BCUT2D eigenvalue weighted by Gasteiger charge is 2.20. The van der Waals surface area contributed by atoms with Crippen LogP contribution in [0.3, 0.4) is 0 Å². The lowest BCUT2D eigenvalue weighted by atomic mass is 10.3. The third kappa shape index (κ3) is 2.71. The van der Waals surface area contributed by atoms with Gasteiger partial charge in [0, 0.05) is 28.7 Å². The molecule has 14 heavy (non-hydrogen) atoms. The van der Waals surface area contributed by atoms with Crippen molar-refractivity contribution in [1.82, 2.24) is 0 Å². The highest BCUT2D eigenvalue weighted by atomic mass is 32.2. The molecule has 76 valence electrons. The van der Waals surface area contributed by atoms with Crippen LogP contribution in [0.4, 0.5) is 11.4 Å². The van der Waals surface area contributed by atoms with Crippen LogP contribution in [-0.4, -0.2) is 14.8 Å². The average molecular weight is 211 g/mol. The molecule has 0 saturated heterocycles. The maximum atomic E-state index is 10.4. The van der Waals surface area contributed by atoms with Crippen LogP contribution < -0.4 is 10.0 Å². The quantitative estimate of drug-likeness (QED) is 0.741. The first kappa shape index (κ1) is 9.48. The summed E-state index contributed by atoms with van der Waals surface area (Å²) in [6.07, 6.45) is 2.40. The van der Waals surface area contributed by atoms with Gasteiger partial charge >= 0.3 is 0 Å². The van der Waals surface area contributed by atoms with Crippen molar-refractivity contribution in [2.24, 2.45) is 0 Å². The maximum Gasteiger partial charge on any atom is 0.0473 e. The zero-order valence-electron chi connectivity index (χ0n) is 7.53. The molecule has 1 aliphatic carbocycles. The fraction of sp³-hybridized carbons (Fsp3) is 0.333. The molecule has 0 aliphatic heterocycles. The second kappa shape index (κ2) is 3.98. The molecule has 0 bridgehead atoms. The molecule has 1 fully saturated rings. The van der Waals surface area contributed by atoms with Gasteiger partial charge in [-0.2, -0.15) is 0 Å². The Morgan fingerprint density at radius 3 is 2.71 bits per heavy atom. The van der Waals surface area contributed by atoms with Gasteiger partial charge in [-0.05, 0) is 31.0 Å². The smallest absolute Gasteiger partial charge is 0.0473 e. The van der Waals surface area contributed by atoms with E-state index in [-0.39, 0.29) is 0 Å². The van der Waals surface area contributed by atoms with Crippen LogP contribution in [0.1, 0.15) is 12.8 Å². The predicted octanol–water partition coefficient (Wildman–Crippen LogP) is 1.47. The Hall–Kier alpha value is -1.07. The molecule has 1 atom stereocenters. The van der Waals surface area contributed by atoms with E-state index in [2.05, 4.69) is 10.0 Å². The topological polar surface area (TPSA) is 64.2 Å². The minimum absolute atomic E-state index is 0.572. The van der Waals surface area contributed by atoms with Gasteiger partial charge in [-0.1, -0.05) is 6.07 Å². The van der Waals surface area contributed by atoms with E-state index in [0.29, 0.717) is 11.7 Å². The highest BCUT2D eigenvalue weighted by Crippen LogP contribution is 2.25. The van der Waals surface area contributed by atoms with Gasteiger partial charge in [-0.3, -0.25) is 4.21 Å². The van der Waals surface area contributed by atoms with Crippen LogP contribution in [0.2, 0.25) is 0 Å². The van der Waals surface area contributed by atoms with E-state index < -0.39 is 11.3 Å². The first-order valence-electron chi connectivity index (χ1n) is 4.46. The molecule has 1 aromatic carbocycles. The zero-order chi connectivity index (χ0) is 9.97. The van der Waals surface area contributed by atoms with Gasteiger partial charge in [0.05, 0.1) is 0 Å². The molecule has 0 spiro atoms. The van der Waals surface area contributed by atoms with Crippen molar-refractivity contribution in [2.75, 3.05) is 10.0 Å². The molecule has 5 heteroatoms. The first-order valence-corrected chi connectivity index (χ1v) is 5.54. The summed E-state index contributed by atoms with van der Waals surface area (Å²) < 4.78 is 23.1. The lowest BCUT2D eigenvalue weighted by Gasteiger charge is -2.10. The highest BCUT2D eigenvalue weighted by molar-refractivity contribution is 7.80. The second-order valence-corrected chi connectivity index (χ2v) is 4.01. The third-order valence-corrected chi connectivity index (χ3v) is 2.41. The first-order chi connectivity index (χ1) is 6.74. The van der Waals surface area contributed by atoms with Crippen LogP contribution in [-0.2, 0) is 11.3 Å². The van der Waals surface area contributed by atoms with Crippen molar-refractivity contribution in [3.05, 3.63) is 24.3 Å². The van der Waals surface area contributed by atoms with Crippen molar-refractivity contribution in [2.45, 2.75) is 18.9 Å². The van der Waals surface area contributed by atoms with Gasteiger partial charge in [-0.25, -0.2) is 0 Å². The molecular formula is C9H11N2O2S-. The normalized spacial score (nSPS) is 17.5. The maximum absolute atomic E-state index is 10.4. The summed E-state index contributed by atoms with van der Waals surface area (Å²) in [5, 5.41) is 3.29. The van der Waals surface area contributed by atoms with Crippen molar-refractivity contribution in [1.29, 1.82) is 0 Å². The van der Waals surface area contributed by atoms with Crippen LogP contribution >= 0.6 is 0 Å². The summed E-state index contributed by atoms with van der Waals surface area (Å²) in [5.41, 5.74) is 1.55. The fourth-order valence-electron chi connectivity index (χ4n) is 1.23. The van der Waals surface area contributed by atoms with Gasteiger partial charge in [0.25, 0.3) is 0 Å². The SMILES string of the molecule is O=S([O-])Nc1cccc(NC2CC2)c1. The summed E-state index contributed by atoms with van der Waals surface area (Å²) in [6.45, 7) is 0. The lowest BCUT2D eigenvalue weighted by molar-refractivity contribution is 0.542. The van der Waals surface area contributed by atoms with Crippen molar-refractivity contribution in [3.8, 4) is 0 Å². The molecule has 1 aliphatic rings. The van der Waals surface area contributed by atoms with E-state index in [9.17, 15) is 8.76 Å². The molecule has 4 nitrogen and oxygen atoms in total. The predicted molar refractivity (Wildman–Crippen MR) is 55.6 cm³/mol. The van der Waals surface area contributed by atoms with E-state index in [1.807, 2.05) is 12.1 Å². The third-order valence-electron chi connectivity index (χ3n) is 2.01. The summed E-state index contributed by atoms with van der Waals surface area (Å²) >= 11 is -2.25. The van der Waals surface area contributed by atoms with E-state index in [0.717, 1.165) is 5.69 Å². The Morgan fingerprint density at radius 1 is 1.36 bits per heavy atom. The molecule has 0 aromatic heterocycles. The minimum atomic E-state index is -2.25. The lowest BCUT2D eigenvalue weighted by Crippen LogP contribution is -2.04.